The van der Waals surface area contributed by atoms with Crippen molar-refractivity contribution in [1.29, 1.82) is 0 Å². The Morgan fingerprint density at radius 1 is 1.20 bits per heavy atom. The van der Waals surface area contributed by atoms with Crippen LogP contribution in [0, 0.1) is 0 Å². The SMILES string of the molecule is CC(C)(C)OC(=O)NC1CCN(C(=O)c2c[nH]c3ccccc23)CC1. The summed E-state index contributed by atoms with van der Waals surface area (Å²) in [7, 11) is 0. The summed E-state index contributed by atoms with van der Waals surface area (Å²) in [6.07, 6.45) is 2.84. The van der Waals surface area contributed by atoms with Crippen LogP contribution in [0.2, 0.25) is 0 Å². The predicted molar refractivity (Wildman–Crippen MR) is 96.6 cm³/mol. The maximum absolute atomic E-state index is 12.8. The molecule has 0 spiro atoms. The molecule has 1 aromatic carbocycles. The van der Waals surface area contributed by atoms with Gasteiger partial charge >= 0.3 is 6.09 Å². The molecule has 1 aliphatic heterocycles. The van der Waals surface area contributed by atoms with Crippen molar-refractivity contribution in [3.63, 3.8) is 0 Å². The number of nitrogens with zero attached hydrogens (tertiary/aromatic N) is 1. The van der Waals surface area contributed by atoms with Crippen molar-refractivity contribution in [3.8, 4) is 0 Å². The Kier molecular flexibility index (Phi) is 4.70. The topological polar surface area (TPSA) is 74.4 Å². The van der Waals surface area contributed by atoms with Gasteiger partial charge in [-0.15, -0.1) is 0 Å². The van der Waals surface area contributed by atoms with Crippen LogP contribution in [0.15, 0.2) is 30.5 Å². The first kappa shape index (κ1) is 17.3. The van der Waals surface area contributed by atoms with Gasteiger partial charge in [-0.1, -0.05) is 18.2 Å². The second-order valence-electron chi connectivity index (χ2n) is 7.46. The van der Waals surface area contributed by atoms with E-state index in [0.29, 0.717) is 18.7 Å². The second-order valence-corrected chi connectivity index (χ2v) is 7.46. The molecule has 0 aliphatic carbocycles. The highest BCUT2D eigenvalue weighted by Crippen LogP contribution is 2.21. The van der Waals surface area contributed by atoms with E-state index in [0.717, 1.165) is 23.7 Å². The Hall–Kier alpha value is -2.50. The monoisotopic (exact) mass is 343 g/mol. The molecule has 0 radical (unpaired) electrons. The fourth-order valence-electron chi connectivity index (χ4n) is 3.12. The van der Waals surface area contributed by atoms with Crippen LogP contribution in [0.25, 0.3) is 10.9 Å². The van der Waals surface area contributed by atoms with Crippen LogP contribution >= 0.6 is 0 Å². The molecule has 2 amide bonds. The lowest BCUT2D eigenvalue weighted by Crippen LogP contribution is -2.47. The van der Waals surface area contributed by atoms with Crippen LogP contribution < -0.4 is 5.32 Å². The zero-order valence-corrected chi connectivity index (χ0v) is 15.0. The first-order valence-corrected chi connectivity index (χ1v) is 8.68. The fraction of sp³-hybridized carbons (Fsp3) is 0.474. The summed E-state index contributed by atoms with van der Waals surface area (Å²) in [5, 5.41) is 3.84. The molecule has 3 rings (SSSR count). The number of aromatic nitrogens is 1. The number of hydrogen-bond acceptors (Lipinski definition) is 3. The summed E-state index contributed by atoms with van der Waals surface area (Å²) in [5.41, 5.74) is 1.16. The van der Waals surface area contributed by atoms with Gasteiger partial charge in [0.05, 0.1) is 5.56 Å². The molecule has 2 N–H and O–H groups in total. The lowest BCUT2D eigenvalue weighted by atomic mass is 10.0. The van der Waals surface area contributed by atoms with Crippen molar-refractivity contribution < 1.29 is 14.3 Å². The highest BCUT2D eigenvalue weighted by molar-refractivity contribution is 6.06. The molecule has 0 unspecified atom stereocenters. The smallest absolute Gasteiger partial charge is 0.407 e. The van der Waals surface area contributed by atoms with Crippen LogP contribution in [0.1, 0.15) is 44.0 Å². The van der Waals surface area contributed by atoms with Crippen molar-refractivity contribution in [2.75, 3.05) is 13.1 Å². The van der Waals surface area contributed by atoms with Gasteiger partial charge in [0.15, 0.2) is 0 Å². The van der Waals surface area contributed by atoms with Gasteiger partial charge in [0, 0.05) is 36.2 Å². The molecule has 0 atom stereocenters. The average molecular weight is 343 g/mol. The third kappa shape index (κ3) is 4.13. The van der Waals surface area contributed by atoms with Gasteiger partial charge in [-0.25, -0.2) is 4.79 Å². The van der Waals surface area contributed by atoms with E-state index in [1.165, 1.54) is 0 Å². The van der Waals surface area contributed by atoms with E-state index in [1.54, 1.807) is 6.20 Å². The number of nitrogens with one attached hydrogen (secondary N) is 2. The van der Waals surface area contributed by atoms with Crippen LogP contribution in [0.5, 0.6) is 0 Å². The lowest BCUT2D eigenvalue weighted by Gasteiger charge is -2.32. The Morgan fingerprint density at radius 2 is 1.88 bits per heavy atom. The van der Waals surface area contributed by atoms with E-state index < -0.39 is 11.7 Å². The molecule has 6 heteroatoms. The number of H-pyrrole nitrogens is 1. The highest BCUT2D eigenvalue weighted by Gasteiger charge is 2.27. The summed E-state index contributed by atoms with van der Waals surface area (Å²) in [4.78, 5) is 29.6. The summed E-state index contributed by atoms with van der Waals surface area (Å²) < 4.78 is 5.29. The molecule has 0 saturated carbocycles. The minimum Gasteiger partial charge on any atom is -0.444 e. The number of benzene rings is 1. The fourth-order valence-corrected chi connectivity index (χ4v) is 3.12. The van der Waals surface area contributed by atoms with E-state index in [1.807, 2.05) is 49.9 Å². The van der Waals surface area contributed by atoms with Crippen LogP contribution in [-0.2, 0) is 4.74 Å². The molecular weight excluding hydrogens is 318 g/mol. The van der Waals surface area contributed by atoms with Gasteiger partial charge in [-0.2, -0.15) is 0 Å². The number of rotatable bonds is 2. The van der Waals surface area contributed by atoms with Crippen molar-refractivity contribution in [2.45, 2.75) is 45.3 Å². The minimum atomic E-state index is -0.504. The normalized spacial score (nSPS) is 16.0. The molecular formula is C19H25N3O3. The van der Waals surface area contributed by atoms with Crippen LogP contribution in [0.3, 0.4) is 0 Å². The molecule has 1 saturated heterocycles. The molecule has 2 aromatic rings. The minimum absolute atomic E-state index is 0.0353. The summed E-state index contributed by atoms with van der Waals surface area (Å²) >= 11 is 0. The number of alkyl carbamates (subject to hydrolysis) is 1. The third-order valence-corrected chi connectivity index (χ3v) is 4.32. The maximum atomic E-state index is 12.8. The first-order valence-electron chi connectivity index (χ1n) is 8.68. The number of hydrogen-bond donors (Lipinski definition) is 2. The van der Waals surface area contributed by atoms with E-state index in [4.69, 9.17) is 4.74 Å². The van der Waals surface area contributed by atoms with E-state index in [-0.39, 0.29) is 11.9 Å². The van der Waals surface area contributed by atoms with E-state index in [2.05, 4.69) is 10.3 Å². The Morgan fingerprint density at radius 3 is 2.56 bits per heavy atom. The Balaban J connectivity index is 1.57. The van der Waals surface area contributed by atoms with Gasteiger partial charge in [0.1, 0.15) is 5.60 Å². The van der Waals surface area contributed by atoms with Gasteiger partial charge in [-0.05, 0) is 39.7 Å². The molecule has 2 heterocycles. The zero-order valence-electron chi connectivity index (χ0n) is 15.0. The van der Waals surface area contributed by atoms with Gasteiger partial charge in [0.25, 0.3) is 5.91 Å². The number of para-hydroxylation sites is 1. The number of amides is 2. The van der Waals surface area contributed by atoms with Crippen LogP contribution in [0.4, 0.5) is 4.79 Å². The molecule has 25 heavy (non-hydrogen) atoms. The maximum Gasteiger partial charge on any atom is 0.407 e. The Labute approximate surface area is 147 Å². The second kappa shape index (κ2) is 6.78. The number of fused-ring (bicyclic) bond motifs is 1. The van der Waals surface area contributed by atoms with Crippen molar-refractivity contribution >= 4 is 22.9 Å². The number of ether oxygens (including phenoxy) is 1. The molecule has 134 valence electrons. The zero-order chi connectivity index (χ0) is 18.0. The lowest BCUT2D eigenvalue weighted by molar-refractivity contribution is 0.0474. The van der Waals surface area contributed by atoms with Crippen molar-refractivity contribution in [1.82, 2.24) is 15.2 Å². The number of carbonyl (C=O) groups is 2. The third-order valence-electron chi connectivity index (χ3n) is 4.32. The first-order chi connectivity index (χ1) is 11.8. The van der Waals surface area contributed by atoms with Gasteiger partial charge in [0.2, 0.25) is 0 Å². The molecule has 6 nitrogen and oxygen atoms in total. The van der Waals surface area contributed by atoms with Gasteiger partial charge in [-0.3, -0.25) is 4.79 Å². The number of aromatic amines is 1. The number of piperidine rings is 1. The standard InChI is InChI=1S/C19H25N3O3/c1-19(2,3)25-18(24)21-13-8-10-22(11-9-13)17(23)15-12-20-16-7-5-4-6-14(15)16/h4-7,12-13,20H,8-11H2,1-3H3,(H,21,24). The molecule has 1 fully saturated rings. The number of likely N-dealkylation sites (tertiary alicyclic amines) is 1. The summed E-state index contributed by atoms with van der Waals surface area (Å²) in [5.74, 6) is 0.0353. The van der Waals surface area contributed by atoms with E-state index in [9.17, 15) is 9.59 Å². The van der Waals surface area contributed by atoms with Crippen molar-refractivity contribution in [3.05, 3.63) is 36.0 Å². The van der Waals surface area contributed by atoms with Crippen LogP contribution in [-0.4, -0.2) is 46.6 Å². The highest BCUT2D eigenvalue weighted by atomic mass is 16.6. The summed E-state index contributed by atoms with van der Waals surface area (Å²) in [6, 6.07) is 7.84. The summed E-state index contributed by atoms with van der Waals surface area (Å²) in [6.45, 7) is 6.77. The molecule has 1 aromatic heterocycles. The quantitative estimate of drug-likeness (QED) is 0.878. The largest absolute Gasteiger partial charge is 0.444 e. The van der Waals surface area contributed by atoms with Gasteiger partial charge < -0.3 is 19.9 Å². The predicted octanol–water partition coefficient (Wildman–Crippen LogP) is 3.30. The number of carbonyl (C=O) groups excluding carboxylic acids is 2. The molecule has 0 bridgehead atoms. The Bertz CT molecular complexity index is 768. The van der Waals surface area contributed by atoms with E-state index >= 15 is 0 Å². The average Bonchev–Trinajstić information content (AvgIpc) is 2.97. The van der Waals surface area contributed by atoms with Crippen molar-refractivity contribution in [2.24, 2.45) is 0 Å². The molecule has 1 aliphatic rings.